The van der Waals surface area contributed by atoms with Crippen LogP contribution >= 0.6 is 27.7 Å². The first-order valence-electron chi connectivity index (χ1n) is 6.46. The molecule has 2 rings (SSSR count). The lowest BCUT2D eigenvalue weighted by atomic mass is 10.2. The van der Waals surface area contributed by atoms with Crippen LogP contribution in [0.15, 0.2) is 69.1 Å². The second kappa shape index (κ2) is 8.00. The second-order valence-corrected chi connectivity index (χ2v) is 6.60. The molecular weight excluding hydrogens is 348 g/mol. The maximum absolute atomic E-state index is 12.0. The van der Waals surface area contributed by atoms with Crippen molar-refractivity contribution >= 4 is 39.8 Å². The first kappa shape index (κ1) is 15.8. The van der Waals surface area contributed by atoms with E-state index in [1.165, 1.54) is 11.8 Å². The lowest BCUT2D eigenvalue weighted by Gasteiger charge is -2.09. The minimum absolute atomic E-state index is 0.118. The van der Waals surface area contributed by atoms with Gasteiger partial charge in [0.25, 0.3) is 5.91 Å². The van der Waals surface area contributed by atoms with E-state index < -0.39 is 0 Å². The van der Waals surface area contributed by atoms with Crippen molar-refractivity contribution in [1.82, 2.24) is 5.43 Å². The van der Waals surface area contributed by atoms with Crippen LogP contribution in [0.5, 0.6) is 0 Å². The molecule has 0 aliphatic carbocycles. The van der Waals surface area contributed by atoms with Gasteiger partial charge in [-0.25, -0.2) is 5.43 Å². The molecule has 1 unspecified atom stereocenters. The van der Waals surface area contributed by atoms with E-state index in [0.717, 1.165) is 14.9 Å². The molecule has 0 spiro atoms. The molecular formula is C16H15BrN2OS. The molecule has 3 nitrogen and oxygen atoms in total. The van der Waals surface area contributed by atoms with Crippen molar-refractivity contribution in [3.05, 3.63) is 64.6 Å². The van der Waals surface area contributed by atoms with Crippen LogP contribution in [-0.2, 0) is 4.79 Å². The molecule has 1 N–H and O–H groups in total. The molecule has 0 aromatic heterocycles. The highest BCUT2D eigenvalue weighted by atomic mass is 79.9. The van der Waals surface area contributed by atoms with Gasteiger partial charge < -0.3 is 0 Å². The van der Waals surface area contributed by atoms with Crippen molar-refractivity contribution in [1.29, 1.82) is 0 Å². The zero-order valence-corrected chi connectivity index (χ0v) is 13.9. The van der Waals surface area contributed by atoms with E-state index in [-0.39, 0.29) is 11.2 Å². The second-order valence-electron chi connectivity index (χ2n) is 4.33. The summed E-state index contributed by atoms with van der Waals surface area (Å²) in [6.45, 7) is 1.86. The third kappa shape index (κ3) is 5.02. The summed E-state index contributed by atoms with van der Waals surface area (Å²) in [5.41, 5.74) is 3.48. The number of amides is 1. The molecule has 108 valence electrons. The average molecular weight is 363 g/mol. The number of halogens is 1. The summed E-state index contributed by atoms with van der Waals surface area (Å²) < 4.78 is 0.940. The topological polar surface area (TPSA) is 41.5 Å². The van der Waals surface area contributed by atoms with E-state index in [9.17, 15) is 4.79 Å². The van der Waals surface area contributed by atoms with Gasteiger partial charge in [0.05, 0.1) is 11.5 Å². The molecule has 1 amide bonds. The fourth-order valence-electron chi connectivity index (χ4n) is 1.59. The average Bonchev–Trinajstić information content (AvgIpc) is 2.50. The van der Waals surface area contributed by atoms with E-state index in [4.69, 9.17) is 0 Å². The van der Waals surface area contributed by atoms with Crippen LogP contribution in [0.4, 0.5) is 0 Å². The largest absolute Gasteiger partial charge is 0.272 e. The first-order chi connectivity index (χ1) is 10.2. The first-order valence-corrected chi connectivity index (χ1v) is 8.13. The van der Waals surface area contributed by atoms with E-state index in [0.29, 0.717) is 0 Å². The number of benzene rings is 2. The van der Waals surface area contributed by atoms with Gasteiger partial charge in [-0.3, -0.25) is 4.79 Å². The zero-order chi connectivity index (χ0) is 15.1. The van der Waals surface area contributed by atoms with E-state index >= 15 is 0 Å². The van der Waals surface area contributed by atoms with Crippen molar-refractivity contribution < 1.29 is 4.79 Å². The summed E-state index contributed by atoms with van der Waals surface area (Å²) in [5, 5.41) is 3.79. The number of hydrogen-bond donors (Lipinski definition) is 1. The molecule has 2 aromatic carbocycles. The van der Waals surface area contributed by atoms with Crippen LogP contribution in [0, 0.1) is 0 Å². The Morgan fingerprint density at radius 2 is 1.86 bits per heavy atom. The molecule has 0 bridgehead atoms. The number of carbonyl (C=O) groups excluding carboxylic acids is 1. The third-order valence-corrected chi connectivity index (χ3v) is 4.54. The number of carbonyl (C=O) groups is 1. The fraction of sp³-hybridized carbons (Fsp3) is 0.125. The number of hydrogen-bond acceptors (Lipinski definition) is 3. The Morgan fingerprint density at radius 1 is 1.19 bits per heavy atom. The van der Waals surface area contributed by atoms with E-state index in [2.05, 4.69) is 26.5 Å². The zero-order valence-electron chi connectivity index (χ0n) is 11.5. The quantitative estimate of drug-likeness (QED) is 0.494. The Labute approximate surface area is 137 Å². The summed E-state index contributed by atoms with van der Waals surface area (Å²) in [6.07, 6.45) is 1.63. The highest BCUT2D eigenvalue weighted by Gasteiger charge is 2.13. The Bertz CT molecular complexity index is 631. The molecule has 2 aromatic rings. The highest BCUT2D eigenvalue weighted by Crippen LogP contribution is 2.22. The van der Waals surface area contributed by atoms with Gasteiger partial charge in [-0.1, -0.05) is 52.3 Å². The molecule has 5 heteroatoms. The van der Waals surface area contributed by atoms with Crippen molar-refractivity contribution in [2.45, 2.75) is 17.1 Å². The smallest absolute Gasteiger partial charge is 0.253 e. The molecule has 0 radical (unpaired) electrons. The summed E-state index contributed by atoms with van der Waals surface area (Å²) in [5.74, 6) is -0.118. The van der Waals surface area contributed by atoms with Crippen LogP contribution < -0.4 is 5.43 Å². The Balaban J connectivity index is 1.88. The van der Waals surface area contributed by atoms with E-state index in [1.807, 2.05) is 61.5 Å². The SMILES string of the molecule is CC(Sc1ccccc1)C(=O)N/N=C/c1ccccc1Br. The van der Waals surface area contributed by atoms with Crippen molar-refractivity contribution in [2.75, 3.05) is 0 Å². The minimum Gasteiger partial charge on any atom is -0.272 e. The maximum Gasteiger partial charge on any atom is 0.253 e. The Morgan fingerprint density at radius 3 is 2.57 bits per heavy atom. The number of thioether (sulfide) groups is 1. The summed E-state index contributed by atoms with van der Waals surface area (Å²) >= 11 is 4.93. The number of rotatable bonds is 5. The van der Waals surface area contributed by atoms with Crippen molar-refractivity contribution in [3.63, 3.8) is 0 Å². The maximum atomic E-state index is 12.0. The van der Waals surface area contributed by atoms with Gasteiger partial charge in [-0.2, -0.15) is 5.10 Å². The fourth-order valence-corrected chi connectivity index (χ4v) is 2.86. The van der Waals surface area contributed by atoms with Gasteiger partial charge in [0, 0.05) is 14.9 Å². The number of hydrazone groups is 1. The third-order valence-electron chi connectivity index (χ3n) is 2.71. The van der Waals surface area contributed by atoms with Gasteiger partial charge in [-0.05, 0) is 25.1 Å². The van der Waals surface area contributed by atoms with E-state index in [1.54, 1.807) is 6.21 Å². The Kier molecular flexibility index (Phi) is 6.02. The molecule has 0 aliphatic rings. The summed E-state index contributed by atoms with van der Waals surface area (Å²) in [4.78, 5) is 13.0. The highest BCUT2D eigenvalue weighted by molar-refractivity contribution is 9.10. The van der Waals surface area contributed by atoms with Crippen LogP contribution in [0.1, 0.15) is 12.5 Å². The molecule has 0 saturated heterocycles. The van der Waals surface area contributed by atoms with Crippen LogP contribution in [-0.4, -0.2) is 17.4 Å². The minimum atomic E-state index is -0.205. The molecule has 0 heterocycles. The van der Waals surface area contributed by atoms with Gasteiger partial charge in [0.1, 0.15) is 0 Å². The lowest BCUT2D eigenvalue weighted by molar-refractivity contribution is -0.120. The standard InChI is InChI=1S/C16H15BrN2OS/c1-12(21-14-8-3-2-4-9-14)16(20)19-18-11-13-7-5-6-10-15(13)17/h2-12H,1H3,(H,19,20)/b18-11+. The van der Waals surface area contributed by atoms with Gasteiger partial charge in [-0.15, -0.1) is 11.8 Å². The predicted octanol–water partition coefficient (Wildman–Crippen LogP) is 4.08. The molecule has 0 fully saturated rings. The molecule has 0 saturated carbocycles. The lowest BCUT2D eigenvalue weighted by Crippen LogP contribution is -2.26. The van der Waals surface area contributed by atoms with Crippen molar-refractivity contribution in [3.8, 4) is 0 Å². The van der Waals surface area contributed by atoms with Gasteiger partial charge >= 0.3 is 0 Å². The van der Waals surface area contributed by atoms with Crippen LogP contribution in [0.25, 0.3) is 0 Å². The van der Waals surface area contributed by atoms with Gasteiger partial charge in [0.15, 0.2) is 0 Å². The van der Waals surface area contributed by atoms with Crippen LogP contribution in [0.2, 0.25) is 0 Å². The predicted molar refractivity (Wildman–Crippen MR) is 91.6 cm³/mol. The summed E-state index contributed by atoms with van der Waals surface area (Å²) in [7, 11) is 0. The molecule has 0 aliphatic heterocycles. The van der Waals surface area contributed by atoms with Gasteiger partial charge in [0.2, 0.25) is 0 Å². The van der Waals surface area contributed by atoms with Crippen LogP contribution in [0.3, 0.4) is 0 Å². The normalized spacial score (nSPS) is 12.3. The summed E-state index contributed by atoms with van der Waals surface area (Å²) in [6, 6.07) is 17.5. The number of nitrogens with one attached hydrogen (secondary N) is 1. The Hall–Kier alpha value is -1.59. The van der Waals surface area contributed by atoms with Crippen molar-refractivity contribution in [2.24, 2.45) is 5.10 Å². The molecule has 1 atom stereocenters. The molecule has 21 heavy (non-hydrogen) atoms. The monoisotopic (exact) mass is 362 g/mol. The number of nitrogens with zero attached hydrogens (tertiary/aromatic N) is 1.